The second-order valence-corrected chi connectivity index (χ2v) is 7.46. The average molecular weight is 324 g/mol. The van der Waals surface area contributed by atoms with E-state index in [0.717, 1.165) is 17.9 Å². The maximum atomic E-state index is 12.1. The van der Waals surface area contributed by atoms with Gasteiger partial charge in [-0.3, -0.25) is 4.79 Å². The summed E-state index contributed by atoms with van der Waals surface area (Å²) in [5.74, 6) is 0.0280. The normalized spacial score (nSPS) is 11.4. The molecule has 0 aromatic heterocycles. The molecule has 0 fully saturated rings. The average Bonchev–Trinajstić information content (AvgIpc) is 2.53. The minimum atomic E-state index is -0.393. The lowest BCUT2D eigenvalue weighted by Crippen LogP contribution is -2.30. The van der Waals surface area contributed by atoms with Gasteiger partial charge in [-0.2, -0.15) is 0 Å². The maximum Gasteiger partial charge on any atom is 0.229 e. The Morgan fingerprint density at radius 1 is 1.00 bits per heavy atom. The van der Waals surface area contributed by atoms with Crippen molar-refractivity contribution >= 4 is 17.3 Å². The Morgan fingerprint density at radius 2 is 1.58 bits per heavy atom. The molecule has 24 heavy (non-hydrogen) atoms. The highest BCUT2D eigenvalue weighted by molar-refractivity contribution is 5.94. The number of benzene rings is 2. The van der Waals surface area contributed by atoms with Crippen LogP contribution in [0.1, 0.15) is 40.2 Å². The largest absolute Gasteiger partial charge is 0.365 e. The molecule has 0 aliphatic carbocycles. The highest BCUT2D eigenvalue weighted by atomic mass is 16.2. The van der Waals surface area contributed by atoms with E-state index in [1.54, 1.807) is 0 Å². The second kappa shape index (κ2) is 7.52. The fourth-order valence-electron chi connectivity index (χ4n) is 2.41. The molecule has 0 atom stereocenters. The van der Waals surface area contributed by atoms with Gasteiger partial charge in [0.1, 0.15) is 0 Å². The Bertz CT molecular complexity index is 654. The molecule has 3 heteroatoms. The van der Waals surface area contributed by atoms with Crippen molar-refractivity contribution in [2.24, 2.45) is 5.41 Å². The van der Waals surface area contributed by atoms with Crippen LogP contribution in [0.3, 0.4) is 0 Å². The molecule has 2 rings (SSSR count). The molecule has 1 amide bonds. The Balaban J connectivity index is 2.13. The van der Waals surface area contributed by atoms with Crippen LogP contribution in [-0.2, 0) is 11.3 Å². The van der Waals surface area contributed by atoms with Crippen LogP contribution in [0.2, 0.25) is 0 Å². The number of nitrogens with one attached hydrogen (secondary N) is 1. The van der Waals surface area contributed by atoms with E-state index in [2.05, 4.69) is 60.5 Å². The van der Waals surface area contributed by atoms with Gasteiger partial charge >= 0.3 is 0 Å². The fraction of sp³-hybridized carbons (Fsp3) is 0.381. The highest BCUT2D eigenvalue weighted by Gasteiger charge is 2.21. The first-order valence-corrected chi connectivity index (χ1v) is 8.49. The molecule has 2 aromatic carbocycles. The maximum absolute atomic E-state index is 12.1. The molecule has 0 saturated heterocycles. The molecule has 3 nitrogen and oxygen atoms in total. The van der Waals surface area contributed by atoms with Crippen molar-refractivity contribution in [3.8, 4) is 0 Å². The smallest absolute Gasteiger partial charge is 0.229 e. The van der Waals surface area contributed by atoms with E-state index in [1.807, 2.05) is 39.0 Å². The van der Waals surface area contributed by atoms with Gasteiger partial charge in [0.05, 0.1) is 0 Å². The topological polar surface area (TPSA) is 32.3 Å². The molecule has 1 N–H and O–H groups in total. The lowest BCUT2D eigenvalue weighted by atomic mass is 9.95. The number of nitrogens with zero attached hydrogens (tertiary/aromatic N) is 1. The number of carbonyl (C=O) groups is 1. The summed E-state index contributed by atoms with van der Waals surface area (Å²) in [4.78, 5) is 14.4. The van der Waals surface area contributed by atoms with Crippen molar-refractivity contribution in [3.63, 3.8) is 0 Å². The van der Waals surface area contributed by atoms with Crippen molar-refractivity contribution in [1.82, 2.24) is 0 Å². The first kappa shape index (κ1) is 18.1. The molecule has 128 valence electrons. The van der Waals surface area contributed by atoms with Crippen molar-refractivity contribution in [3.05, 3.63) is 60.2 Å². The molecular weight excluding hydrogens is 296 g/mol. The van der Waals surface area contributed by atoms with Gasteiger partial charge in [0, 0.05) is 29.4 Å². The summed E-state index contributed by atoms with van der Waals surface area (Å²) in [6, 6.07) is 18.9. The van der Waals surface area contributed by atoms with Crippen molar-refractivity contribution in [1.29, 1.82) is 0 Å². The first-order valence-electron chi connectivity index (χ1n) is 8.49. The van der Waals surface area contributed by atoms with Crippen molar-refractivity contribution in [2.75, 3.05) is 10.2 Å². The van der Waals surface area contributed by atoms with Gasteiger partial charge in [-0.1, -0.05) is 51.1 Å². The number of rotatable bonds is 5. The summed E-state index contributed by atoms with van der Waals surface area (Å²) in [5.41, 5.74) is 2.89. The van der Waals surface area contributed by atoms with Crippen LogP contribution in [0, 0.1) is 5.41 Å². The van der Waals surface area contributed by atoms with Gasteiger partial charge in [0.15, 0.2) is 0 Å². The Hall–Kier alpha value is -2.29. The Kier molecular flexibility index (Phi) is 5.66. The van der Waals surface area contributed by atoms with Crippen LogP contribution in [0.15, 0.2) is 54.6 Å². The van der Waals surface area contributed by atoms with Gasteiger partial charge in [-0.25, -0.2) is 0 Å². The lowest BCUT2D eigenvalue weighted by Gasteiger charge is -2.29. The molecule has 0 heterocycles. The summed E-state index contributed by atoms with van der Waals surface area (Å²) in [6.45, 7) is 11.0. The van der Waals surface area contributed by atoms with Gasteiger partial charge < -0.3 is 10.2 Å². The minimum absolute atomic E-state index is 0.0280. The van der Waals surface area contributed by atoms with Gasteiger partial charge in [0.2, 0.25) is 5.91 Å². The van der Waals surface area contributed by atoms with Crippen LogP contribution < -0.4 is 10.2 Å². The van der Waals surface area contributed by atoms with Crippen molar-refractivity contribution in [2.45, 2.75) is 47.2 Å². The second-order valence-electron chi connectivity index (χ2n) is 7.46. The van der Waals surface area contributed by atoms with E-state index in [0.29, 0.717) is 6.04 Å². The minimum Gasteiger partial charge on any atom is -0.365 e. The fourth-order valence-corrected chi connectivity index (χ4v) is 2.41. The molecule has 2 aromatic rings. The summed E-state index contributed by atoms with van der Waals surface area (Å²) >= 11 is 0. The summed E-state index contributed by atoms with van der Waals surface area (Å²) in [5, 5.41) is 2.97. The summed E-state index contributed by atoms with van der Waals surface area (Å²) in [6.07, 6.45) is 0. The quantitative estimate of drug-likeness (QED) is 0.831. The predicted molar refractivity (Wildman–Crippen MR) is 102 cm³/mol. The highest BCUT2D eigenvalue weighted by Crippen LogP contribution is 2.24. The number of hydrogen-bond donors (Lipinski definition) is 1. The van der Waals surface area contributed by atoms with E-state index >= 15 is 0 Å². The van der Waals surface area contributed by atoms with E-state index in [9.17, 15) is 4.79 Å². The molecule has 0 saturated carbocycles. The molecule has 0 spiro atoms. The van der Waals surface area contributed by atoms with Gasteiger partial charge in [-0.15, -0.1) is 0 Å². The molecule has 0 aliphatic heterocycles. The number of anilines is 2. The zero-order valence-corrected chi connectivity index (χ0v) is 15.3. The number of amides is 1. The van der Waals surface area contributed by atoms with E-state index in [-0.39, 0.29) is 5.91 Å². The summed E-state index contributed by atoms with van der Waals surface area (Å²) < 4.78 is 0. The van der Waals surface area contributed by atoms with Crippen LogP contribution in [0.25, 0.3) is 0 Å². The van der Waals surface area contributed by atoms with Crippen LogP contribution in [-0.4, -0.2) is 11.9 Å². The Labute approximate surface area is 145 Å². The zero-order chi connectivity index (χ0) is 17.7. The molecule has 0 aliphatic rings. The van der Waals surface area contributed by atoms with Crippen LogP contribution in [0.5, 0.6) is 0 Å². The SMILES string of the molecule is CC(C)N(Cc1ccccc1)c1ccc(NC(=O)C(C)(C)C)cc1. The third-order valence-electron chi connectivity index (χ3n) is 3.96. The third kappa shape index (κ3) is 4.85. The van der Waals surface area contributed by atoms with E-state index in [4.69, 9.17) is 0 Å². The third-order valence-corrected chi connectivity index (χ3v) is 3.96. The number of hydrogen-bond acceptors (Lipinski definition) is 2. The van der Waals surface area contributed by atoms with E-state index in [1.165, 1.54) is 5.56 Å². The number of carbonyl (C=O) groups excluding carboxylic acids is 1. The first-order chi connectivity index (χ1) is 11.3. The predicted octanol–water partition coefficient (Wildman–Crippen LogP) is 5.09. The lowest BCUT2D eigenvalue weighted by molar-refractivity contribution is -0.123. The van der Waals surface area contributed by atoms with E-state index < -0.39 is 5.41 Å². The van der Waals surface area contributed by atoms with Gasteiger partial charge in [-0.05, 0) is 43.7 Å². The monoisotopic (exact) mass is 324 g/mol. The summed E-state index contributed by atoms with van der Waals surface area (Å²) in [7, 11) is 0. The van der Waals surface area contributed by atoms with Gasteiger partial charge in [0.25, 0.3) is 0 Å². The zero-order valence-electron chi connectivity index (χ0n) is 15.3. The molecular formula is C21H28N2O. The Morgan fingerprint density at radius 3 is 2.08 bits per heavy atom. The van der Waals surface area contributed by atoms with Crippen molar-refractivity contribution < 1.29 is 4.79 Å². The van der Waals surface area contributed by atoms with Crippen LogP contribution in [0.4, 0.5) is 11.4 Å². The van der Waals surface area contributed by atoms with Crippen LogP contribution >= 0.6 is 0 Å². The molecule has 0 bridgehead atoms. The standard InChI is InChI=1S/C21H28N2O/c1-16(2)23(15-17-9-7-6-8-10-17)19-13-11-18(12-14-19)22-20(24)21(3,4)5/h6-14,16H,15H2,1-5H3,(H,22,24). The molecule has 0 unspecified atom stereocenters. The molecule has 0 radical (unpaired) electrons.